The Morgan fingerprint density at radius 3 is 2.50 bits per heavy atom. The van der Waals surface area contributed by atoms with E-state index in [1.54, 1.807) is 25.1 Å². The van der Waals surface area contributed by atoms with E-state index in [0.717, 1.165) is 46.4 Å². The number of primary sulfonamides is 1. The average molecular weight is 770 g/mol. The first-order valence-corrected chi connectivity index (χ1v) is 20.4. The Bertz CT molecular complexity index is 2090. The number of amides is 2. The van der Waals surface area contributed by atoms with E-state index in [1.165, 1.54) is 40.8 Å². The summed E-state index contributed by atoms with van der Waals surface area (Å²) in [6.07, 6.45) is 3.45. The van der Waals surface area contributed by atoms with Gasteiger partial charge in [-0.2, -0.15) is 10.1 Å². The number of aromatic nitrogens is 4. The minimum absolute atomic E-state index is 0.0157. The van der Waals surface area contributed by atoms with E-state index in [-0.39, 0.29) is 47.1 Å². The molecule has 1 aliphatic carbocycles. The van der Waals surface area contributed by atoms with Crippen LogP contribution in [0.1, 0.15) is 43.9 Å². The summed E-state index contributed by atoms with van der Waals surface area (Å²) in [5, 5.41) is 13.9. The number of ether oxygens (including phenoxy) is 1. The molecule has 1 atom stereocenters. The summed E-state index contributed by atoms with van der Waals surface area (Å²) in [5.74, 6) is 0.0582. The predicted octanol–water partition coefficient (Wildman–Crippen LogP) is 4.40. The third-order valence-corrected chi connectivity index (χ3v) is 13.2. The van der Waals surface area contributed by atoms with Gasteiger partial charge in [0.25, 0.3) is 0 Å². The van der Waals surface area contributed by atoms with Crippen LogP contribution < -0.4 is 26.0 Å². The van der Waals surface area contributed by atoms with Gasteiger partial charge in [0.15, 0.2) is 5.78 Å². The molecule has 5 N–H and O–H groups in total. The number of anilines is 4. The van der Waals surface area contributed by atoms with Gasteiger partial charge < -0.3 is 20.7 Å². The van der Waals surface area contributed by atoms with Crippen LogP contribution in [-0.2, 0) is 31.4 Å². The number of aryl methyl sites for hydroxylation is 3. The van der Waals surface area contributed by atoms with Crippen LogP contribution in [0.2, 0.25) is 0 Å². The highest BCUT2D eigenvalue weighted by Gasteiger charge is 2.40. The molecular formula is C34H43N9O6S3. The summed E-state index contributed by atoms with van der Waals surface area (Å²) >= 11 is 0. The van der Waals surface area contributed by atoms with Gasteiger partial charge in [-0.1, -0.05) is 34.1 Å². The highest BCUT2D eigenvalue weighted by atomic mass is 33.1. The molecule has 0 spiro atoms. The largest absolute Gasteiger partial charge is 0.447 e. The van der Waals surface area contributed by atoms with Gasteiger partial charge in [-0.3, -0.25) is 14.3 Å². The average Bonchev–Trinajstić information content (AvgIpc) is 3.37. The molecule has 2 aromatic carbocycles. The summed E-state index contributed by atoms with van der Waals surface area (Å²) in [6.45, 7) is 5.31. The molecule has 0 unspecified atom stereocenters. The van der Waals surface area contributed by atoms with Crippen LogP contribution in [0, 0.1) is 13.8 Å². The van der Waals surface area contributed by atoms with E-state index < -0.39 is 26.9 Å². The lowest BCUT2D eigenvalue weighted by atomic mass is 9.85. The Kier molecular flexibility index (Phi) is 12.1. The molecule has 4 aromatic rings. The number of nitrogens with two attached hydrogens (primary N) is 2. The number of benzene rings is 2. The molecule has 2 heterocycles. The minimum atomic E-state index is -4.14. The number of carbonyl (C=O) groups is 3. The van der Waals surface area contributed by atoms with Crippen LogP contribution in [0.3, 0.4) is 0 Å². The lowest BCUT2D eigenvalue weighted by Gasteiger charge is -2.40. The van der Waals surface area contributed by atoms with E-state index >= 15 is 0 Å². The van der Waals surface area contributed by atoms with Crippen molar-refractivity contribution in [2.24, 2.45) is 17.9 Å². The molecule has 52 heavy (non-hydrogen) atoms. The second kappa shape index (κ2) is 16.2. The molecular weight excluding hydrogens is 727 g/mol. The van der Waals surface area contributed by atoms with Crippen molar-refractivity contribution in [2.45, 2.75) is 62.1 Å². The third-order valence-electron chi connectivity index (χ3n) is 9.02. The van der Waals surface area contributed by atoms with E-state index in [2.05, 4.69) is 15.4 Å². The summed E-state index contributed by atoms with van der Waals surface area (Å²) in [5.41, 5.74) is 8.76. The number of carbonyl (C=O) groups excluding carboxylic acids is 3. The summed E-state index contributed by atoms with van der Waals surface area (Å²) < 4.78 is 32.2. The second-order valence-electron chi connectivity index (χ2n) is 12.8. The van der Waals surface area contributed by atoms with Crippen LogP contribution in [0.4, 0.5) is 27.9 Å². The number of sulfonamides is 1. The Morgan fingerprint density at radius 1 is 1.12 bits per heavy atom. The topological polar surface area (TPSA) is 209 Å². The number of nitrogens with one attached hydrogen (secondary N) is 1. The Morgan fingerprint density at radius 2 is 1.85 bits per heavy atom. The van der Waals surface area contributed by atoms with Gasteiger partial charge >= 0.3 is 6.09 Å². The smallest absolute Gasteiger partial charge is 0.421 e. The van der Waals surface area contributed by atoms with E-state index in [9.17, 15) is 22.8 Å². The first-order chi connectivity index (χ1) is 24.6. The second-order valence-corrected chi connectivity index (χ2v) is 17.1. The molecule has 18 heteroatoms. The van der Waals surface area contributed by atoms with Gasteiger partial charge in [0.1, 0.15) is 12.4 Å². The number of rotatable bonds is 15. The quantitative estimate of drug-likeness (QED) is 0.144. The van der Waals surface area contributed by atoms with Crippen molar-refractivity contribution in [1.29, 1.82) is 0 Å². The SMILES string of the molecule is CC(=O)[C@@H](CCN)NC(=O)CSSC1(COC(=O)N(c2ccc(C)c(S(N)(=O)=O)c2)c2nccc(N(C)c3ccc4c(C)n(C)nc4c3)n2)CCC1. The van der Waals surface area contributed by atoms with Crippen LogP contribution >= 0.6 is 21.6 Å². The summed E-state index contributed by atoms with van der Waals surface area (Å²) in [4.78, 5) is 50.3. The number of Topliss-reactive ketones (excluding diaryl/α,β-unsaturated/α-hetero) is 1. The van der Waals surface area contributed by atoms with Crippen molar-refractivity contribution in [2.75, 3.05) is 35.8 Å². The standard InChI is InChI=1S/C34H43N9O6S3/c1-21-7-8-25(18-29(21)52(36,47)48)43(32-37-16-12-30(39-32)41(4)24-9-10-26-22(2)42(5)40-28(26)17-24)33(46)49-20-34(13-6-14-34)51-50-19-31(45)38-27(11-15-35)23(3)44/h7-10,12,16-18,27H,6,11,13-15,19-20,35H2,1-5H3,(H,38,45)(H2,36,47,48)/t27-/m1/s1. The lowest BCUT2D eigenvalue weighted by molar-refractivity contribution is -0.125. The molecule has 278 valence electrons. The van der Waals surface area contributed by atoms with Crippen LogP contribution in [0.5, 0.6) is 0 Å². The number of ketones is 1. The fraction of sp³-hybridized carbons (Fsp3) is 0.412. The molecule has 1 fully saturated rings. The van der Waals surface area contributed by atoms with Gasteiger partial charge in [-0.25, -0.2) is 28.2 Å². The van der Waals surface area contributed by atoms with E-state index in [4.69, 9.17) is 20.6 Å². The summed E-state index contributed by atoms with van der Waals surface area (Å²) in [7, 11) is 2.35. The molecule has 0 bridgehead atoms. The van der Waals surface area contributed by atoms with Crippen LogP contribution in [0.15, 0.2) is 53.6 Å². The zero-order valence-corrected chi connectivity index (χ0v) is 32.1. The lowest BCUT2D eigenvalue weighted by Crippen LogP contribution is -2.42. The number of hydrogen-bond donors (Lipinski definition) is 3. The molecule has 0 saturated heterocycles. The maximum absolute atomic E-state index is 14.0. The van der Waals surface area contributed by atoms with Crippen molar-refractivity contribution in [3.05, 3.63) is 59.9 Å². The highest BCUT2D eigenvalue weighted by Crippen LogP contribution is 2.50. The Balaban J connectivity index is 1.38. The van der Waals surface area contributed by atoms with Crippen molar-refractivity contribution in [3.63, 3.8) is 0 Å². The van der Waals surface area contributed by atoms with E-state index in [0.29, 0.717) is 17.8 Å². The first-order valence-electron chi connectivity index (χ1n) is 16.5. The maximum atomic E-state index is 14.0. The fourth-order valence-corrected chi connectivity index (χ4v) is 9.46. The van der Waals surface area contributed by atoms with Gasteiger partial charge in [-0.05, 0) is 88.5 Å². The highest BCUT2D eigenvalue weighted by molar-refractivity contribution is 8.77. The maximum Gasteiger partial charge on any atom is 0.421 e. The summed E-state index contributed by atoms with van der Waals surface area (Å²) in [6, 6.07) is 11.3. The van der Waals surface area contributed by atoms with Crippen LogP contribution in [0.25, 0.3) is 10.9 Å². The number of fused-ring (bicyclic) bond motifs is 1. The van der Waals surface area contributed by atoms with Crippen LogP contribution in [-0.4, -0.2) is 82.7 Å². The van der Waals surface area contributed by atoms with Gasteiger partial charge in [0.2, 0.25) is 21.9 Å². The zero-order valence-electron chi connectivity index (χ0n) is 29.7. The van der Waals surface area contributed by atoms with Crippen molar-refractivity contribution in [1.82, 2.24) is 25.1 Å². The molecule has 0 radical (unpaired) electrons. The first kappa shape index (κ1) is 39.0. The van der Waals surface area contributed by atoms with Crippen molar-refractivity contribution < 1.29 is 27.5 Å². The molecule has 2 aromatic heterocycles. The predicted molar refractivity (Wildman–Crippen MR) is 204 cm³/mol. The number of hydrogen-bond acceptors (Lipinski definition) is 13. The van der Waals surface area contributed by atoms with Gasteiger partial charge in [-0.15, -0.1) is 0 Å². The Labute approximate surface area is 310 Å². The van der Waals surface area contributed by atoms with E-state index in [1.807, 2.05) is 48.8 Å². The fourth-order valence-electron chi connectivity index (χ4n) is 5.70. The van der Waals surface area contributed by atoms with Gasteiger partial charge in [0.05, 0.1) is 32.6 Å². The zero-order chi connectivity index (χ0) is 37.8. The number of nitrogens with zero attached hydrogens (tertiary/aromatic N) is 6. The molecule has 1 aliphatic rings. The Hall–Kier alpha value is -4.23. The third kappa shape index (κ3) is 8.86. The molecule has 2 amide bonds. The molecule has 15 nitrogen and oxygen atoms in total. The molecule has 0 aliphatic heterocycles. The van der Waals surface area contributed by atoms with Crippen molar-refractivity contribution >= 4 is 83.4 Å². The normalized spacial score (nSPS) is 14.4. The molecule has 1 saturated carbocycles. The van der Waals surface area contributed by atoms with Gasteiger partial charge in [0, 0.05) is 37.1 Å². The monoisotopic (exact) mass is 769 g/mol. The molecule has 5 rings (SSSR count). The minimum Gasteiger partial charge on any atom is -0.447 e. The van der Waals surface area contributed by atoms with Crippen molar-refractivity contribution in [3.8, 4) is 0 Å².